The van der Waals surface area contributed by atoms with Gasteiger partial charge in [-0.15, -0.1) is 11.3 Å². The van der Waals surface area contributed by atoms with Crippen molar-refractivity contribution in [2.75, 3.05) is 13.2 Å². The Morgan fingerprint density at radius 1 is 1.38 bits per heavy atom. The number of hydrogen-bond acceptors (Lipinski definition) is 5. The van der Waals surface area contributed by atoms with Gasteiger partial charge in [0.1, 0.15) is 6.10 Å². The molecule has 1 aliphatic carbocycles. The van der Waals surface area contributed by atoms with E-state index >= 15 is 0 Å². The van der Waals surface area contributed by atoms with Crippen molar-refractivity contribution < 1.29 is 14.3 Å². The summed E-state index contributed by atoms with van der Waals surface area (Å²) in [7, 11) is 0. The van der Waals surface area contributed by atoms with E-state index in [1.54, 1.807) is 6.20 Å². The molecule has 1 saturated heterocycles. The van der Waals surface area contributed by atoms with Gasteiger partial charge in [-0.2, -0.15) is 0 Å². The third kappa shape index (κ3) is 3.09. The SMILES string of the molecule is O=C(c1cccs1)N1CCOC2CCC1C2OCc1cccnc1. The standard InChI is InChI=1S/C18H20N2O3S/c21-18(16-4-2-10-24-16)20-8-9-22-15-6-5-14(20)17(15)23-12-13-3-1-7-19-11-13/h1-4,7,10-11,14-15,17H,5-6,8-9,12H2. The Labute approximate surface area is 145 Å². The molecule has 0 radical (unpaired) electrons. The van der Waals surface area contributed by atoms with E-state index in [0.29, 0.717) is 19.8 Å². The second kappa shape index (κ2) is 7.01. The smallest absolute Gasteiger partial charge is 0.264 e. The number of amides is 1. The summed E-state index contributed by atoms with van der Waals surface area (Å²) >= 11 is 1.49. The summed E-state index contributed by atoms with van der Waals surface area (Å²) in [5.41, 5.74) is 1.04. The molecule has 0 aromatic carbocycles. The minimum absolute atomic E-state index is 0.0726. The number of hydrogen-bond donors (Lipinski definition) is 0. The predicted molar refractivity (Wildman–Crippen MR) is 90.9 cm³/mol. The lowest BCUT2D eigenvalue weighted by molar-refractivity contribution is -0.0598. The average molecular weight is 344 g/mol. The Balaban J connectivity index is 1.50. The van der Waals surface area contributed by atoms with E-state index in [1.807, 2.05) is 40.7 Å². The second-order valence-corrected chi connectivity index (χ2v) is 7.11. The van der Waals surface area contributed by atoms with Gasteiger partial charge in [-0.3, -0.25) is 9.78 Å². The zero-order valence-corrected chi connectivity index (χ0v) is 14.2. The Morgan fingerprint density at radius 3 is 3.12 bits per heavy atom. The van der Waals surface area contributed by atoms with Crippen molar-refractivity contribution in [1.29, 1.82) is 0 Å². The third-order valence-corrected chi connectivity index (χ3v) is 5.57. The van der Waals surface area contributed by atoms with Gasteiger partial charge < -0.3 is 14.4 Å². The first-order valence-electron chi connectivity index (χ1n) is 8.29. The highest BCUT2D eigenvalue weighted by Crippen LogP contribution is 2.33. The molecule has 1 saturated carbocycles. The first kappa shape index (κ1) is 15.7. The third-order valence-electron chi connectivity index (χ3n) is 4.72. The molecule has 3 unspecified atom stereocenters. The van der Waals surface area contributed by atoms with Gasteiger partial charge in [0.2, 0.25) is 0 Å². The Morgan fingerprint density at radius 2 is 2.33 bits per heavy atom. The highest BCUT2D eigenvalue weighted by Gasteiger charge is 2.44. The Bertz CT molecular complexity index is 677. The van der Waals surface area contributed by atoms with Crippen LogP contribution in [0, 0.1) is 0 Å². The van der Waals surface area contributed by atoms with E-state index in [0.717, 1.165) is 23.3 Å². The number of carbonyl (C=O) groups is 1. The summed E-state index contributed by atoms with van der Waals surface area (Å²) in [4.78, 5) is 19.7. The van der Waals surface area contributed by atoms with Gasteiger partial charge in [-0.05, 0) is 35.9 Å². The molecule has 2 bridgehead atoms. The number of nitrogens with zero attached hydrogens (tertiary/aromatic N) is 2. The normalized spacial score (nSPS) is 26.3. The minimum atomic E-state index is -0.0726. The van der Waals surface area contributed by atoms with Gasteiger partial charge >= 0.3 is 0 Å². The van der Waals surface area contributed by atoms with Gasteiger partial charge in [0.15, 0.2) is 0 Å². The van der Waals surface area contributed by atoms with Crippen LogP contribution in [0.2, 0.25) is 0 Å². The van der Waals surface area contributed by atoms with E-state index in [-0.39, 0.29) is 24.2 Å². The number of thiophene rings is 1. The molecule has 5 nitrogen and oxygen atoms in total. The quantitative estimate of drug-likeness (QED) is 0.856. The van der Waals surface area contributed by atoms with Crippen molar-refractivity contribution in [2.45, 2.75) is 37.7 Å². The molecule has 4 rings (SSSR count). The first-order valence-corrected chi connectivity index (χ1v) is 9.17. The summed E-state index contributed by atoms with van der Waals surface area (Å²) < 4.78 is 12.1. The maximum atomic E-state index is 12.8. The lowest BCUT2D eigenvalue weighted by atomic mass is 10.1. The lowest BCUT2D eigenvalue weighted by Crippen LogP contribution is -2.46. The maximum Gasteiger partial charge on any atom is 0.264 e. The molecule has 2 aliphatic rings. The second-order valence-electron chi connectivity index (χ2n) is 6.17. The maximum absolute atomic E-state index is 12.8. The van der Waals surface area contributed by atoms with Crippen LogP contribution in [0.25, 0.3) is 0 Å². The van der Waals surface area contributed by atoms with Crippen LogP contribution in [0.15, 0.2) is 42.0 Å². The molecule has 6 heteroatoms. The number of rotatable bonds is 4. The highest BCUT2D eigenvalue weighted by atomic mass is 32.1. The average Bonchev–Trinajstić information content (AvgIpc) is 3.22. The molecule has 0 N–H and O–H groups in total. The molecular weight excluding hydrogens is 324 g/mol. The van der Waals surface area contributed by atoms with Crippen LogP contribution in [0.1, 0.15) is 28.1 Å². The van der Waals surface area contributed by atoms with Crippen LogP contribution in [-0.2, 0) is 16.1 Å². The summed E-state index contributed by atoms with van der Waals surface area (Å²) in [6, 6.07) is 7.80. The molecule has 3 atom stereocenters. The van der Waals surface area contributed by atoms with Crippen LogP contribution in [-0.4, -0.2) is 47.2 Å². The summed E-state index contributed by atoms with van der Waals surface area (Å²) in [6.07, 6.45) is 5.44. The number of ether oxygens (including phenoxy) is 2. The zero-order chi connectivity index (χ0) is 16.4. The van der Waals surface area contributed by atoms with Crippen LogP contribution in [0.5, 0.6) is 0 Å². The van der Waals surface area contributed by atoms with Crippen molar-refractivity contribution >= 4 is 17.2 Å². The van der Waals surface area contributed by atoms with Crippen molar-refractivity contribution in [2.24, 2.45) is 0 Å². The summed E-state index contributed by atoms with van der Waals surface area (Å²) in [6.45, 7) is 1.70. The Kier molecular flexibility index (Phi) is 4.60. The fraction of sp³-hybridized carbons (Fsp3) is 0.444. The van der Waals surface area contributed by atoms with Crippen LogP contribution in [0.3, 0.4) is 0 Å². The molecule has 1 amide bonds. The highest BCUT2D eigenvalue weighted by molar-refractivity contribution is 7.12. The largest absolute Gasteiger partial charge is 0.374 e. The van der Waals surface area contributed by atoms with E-state index in [2.05, 4.69) is 4.98 Å². The van der Waals surface area contributed by atoms with Crippen molar-refractivity contribution in [1.82, 2.24) is 9.88 Å². The van der Waals surface area contributed by atoms with E-state index in [4.69, 9.17) is 9.47 Å². The van der Waals surface area contributed by atoms with Crippen LogP contribution < -0.4 is 0 Å². The van der Waals surface area contributed by atoms with Crippen LogP contribution >= 0.6 is 11.3 Å². The lowest BCUT2D eigenvalue weighted by Gasteiger charge is -2.31. The topological polar surface area (TPSA) is 51.7 Å². The van der Waals surface area contributed by atoms with Gasteiger partial charge in [0.25, 0.3) is 5.91 Å². The van der Waals surface area contributed by atoms with Crippen molar-refractivity contribution in [3.8, 4) is 0 Å². The number of pyridine rings is 1. The van der Waals surface area contributed by atoms with Gasteiger partial charge in [0.05, 0.1) is 30.2 Å². The molecule has 2 fully saturated rings. The Hall–Kier alpha value is -1.76. The number of aromatic nitrogens is 1. The molecule has 24 heavy (non-hydrogen) atoms. The van der Waals surface area contributed by atoms with Gasteiger partial charge in [0, 0.05) is 18.9 Å². The number of carbonyl (C=O) groups excluding carboxylic acids is 1. The zero-order valence-electron chi connectivity index (χ0n) is 13.3. The minimum Gasteiger partial charge on any atom is -0.374 e. The van der Waals surface area contributed by atoms with Crippen LogP contribution in [0.4, 0.5) is 0 Å². The van der Waals surface area contributed by atoms with Crippen molar-refractivity contribution in [3.63, 3.8) is 0 Å². The summed E-state index contributed by atoms with van der Waals surface area (Å²) in [5, 5.41) is 1.94. The monoisotopic (exact) mass is 344 g/mol. The van der Waals surface area contributed by atoms with Gasteiger partial charge in [-0.1, -0.05) is 12.1 Å². The predicted octanol–water partition coefficient (Wildman–Crippen LogP) is 2.73. The fourth-order valence-corrected chi connectivity index (χ4v) is 4.26. The molecule has 1 aliphatic heterocycles. The molecular formula is C18H20N2O3S. The molecule has 0 spiro atoms. The van der Waals surface area contributed by atoms with Gasteiger partial charge in [-0.25, -0.2) is 0 Å². The molecule has 126 valence electrons. The van der Waals surface area contributed by atoms with E-state index < -0.39 is 0 Å². The fourth-order valence-electron chi connectivity index (χ4n) is 3.58. The molecule has 2 aromatic rings. The number of fused-ring (bicyclic) bond motifs is 2. The molecule has 3 heterocycles. The molecule has 2 aromatic heterocycles. The van der Waals surface area contributed by atoms with E-state index in [1.165, 1.54) is 11.3 Å². The van der Waals surface area contributed by atoms with E-state index in [9.17, 15) is 4.79 Å². The van der Waals surface area contributed by atoms with Crippen molar-refractivity contribution in [3.05, 3.63) is 52.5 Å². The first-order chi connectivity index (χ1) is 11.8. The summed E-state index contributed by atoms with van der Waals surface area (Å²) in [5.74, 6) is 0.0936.